The molecule has 1 aromatic rings. The molecule has 0 N–H and O–H groups in total. The van der Waals surface area contributed by atoms with E-state index in [4.69, 9.17) is 0 Å². The summed E-state index contributed by atoms with van der Waals surface area (Å²) in [5.74, 6) is -0.331. The van der Waals surface area contributed by atoms with Gasteiger partial charge in [-0.15, -0.1) is 0 Å². The summed E-state index contributed by atoms with van der Waals surface area (Å²) in [5.41, 5.74) is -0.752. The lowest BCUT2D eigenvalue weighted by Crippen LogP contribution is -2.33. The van der Waals surface area contributed by atoms with Crippen LogP contribution in [0, 0.1) is 0 Å². The van der Waals surface area contributed by atoms with Gasteiger partial charge in [0, 0.05) is 0 Å². The quantitative estimate of drug-likeness (QED) is 0.641. The molecular weight excluding hydrogens is 178 g/mol. The molecule has 0 saturated carbocycles. The van der Waals surface area contributed by atoms with Crippen molar-refractivity contribution in [2.75, 3.05) is 7.11 Å². The Morgan fingerprint density at radius 1 is 1.55 bits per heavy atom. The van der Waals surface area contributed by atoms with Crippen LogP contribution in [0.5, 0.6) is 5.88 Å². The average molecular weight is 182 g/mol. The largest absolute Gasteiger partial charge is 0.515 e. The van der Waals surface area contributed by atoms with E-state index < -0.39 is 12.4 Å². The summed E-state index contributed by atoms with van der Waals surface area (Å²) in [7, 11) is 1.17. The molecule has 0 aliphatic heterocycles. The van der Waals surface area contributed by atoms with Crippen molar-refractivity contribution in [1.82, 2.24) is 4.37 Å². The topological polar surface area (TPSA) is 22.1 Å². The van der Waals surface area contributed by atoms with Gasteiger partial charge in [0.2, 0.25) is 0 Å². The van der Waals surface area contributed by atoms with Gasteiger partial charge in [-0.25, -0.2) is 0 Å². The molecule has 0 atom stereocenters. The predicted octanol–water partition coefficient (Wildman–Crippen LogP) is 1.21. The average Bonchev–Trinajstić information content (AvgIpc) is 2.31. The molecule has 1 rings (SSSR count). The van der Waals surface area contributed by atoms with Crippen LogP contribution in [-0.4, -0.2) is 18.5 Å². The molecule has 0 aliphatic carbocycles. The second kappa shape index (κ2) is 2.73. The standard InChI is InChI=1S/C4H4BF3NOS/c1-10-4-3(2-11-9-4)5(6,7)8/h2H,1H3/q-1. The highest BCUT2D eigenvalue weighted by Gasteiger charge is 2.30. The smallest absolute Gasteiger partial charge is 0.482 e. The lowest BCUT2D eigenvalue weighted by molar-refractivity contribution is 0.401. The van der Waals surface area contributed by atoms with Crippen molar-refractivity contribution in [3.8, 4) is 5.88 Å². The Morgan fingerprint density at radius 3 is 2.55 bits per heavy atom. The Hall–Kier alpha value is -0.715. The minimum absolute atomic E-state index is 0.331. The second-order valence-corrected chi connectivity index (χ2v) is 2.48. The summed E-state index contributed by atoms with van der Waals surface area (Å²) in [6, 6.07) is 0. The van der Waals surface area contributed by atoms with Crippen LogP contribution in [-0.2, 0) is 0 Å². The molecule has 0 fully saturated rings. The van der Waals surface area contributed by atoms with Gasteiger partial charge >= 0.3 is 6.98 Å². The third kappa shape index (κ3) is 1.65. The van der Waals surface area contributed by atoms with E-state index in [-0.39, 0.29) is 5.88 Å². The molecule has 1 heterocycles. The molecule has 0 unspecified atom stereocenters. The molecule has 0 amide bonds. The van der Waals surface area contributed by atoms with E-state index in [2.05, 4.69) is 9.11 Å². The number of methoxy groups -OCH3 is 1. The van der Waals surface area contributed by atoms with E-state index in [1.807, 2.05) is 0 Å². The Morgan fingerprint density at radius 2 is 2.18 bits per heavy atom. The lowest BCUT2D eigenvalue weighted by Gasteiger charge is -2.12. The van der Waals surface area contributed by atoms with Gasteiger partial charge in [0.05, 0.1) is 7.11 Å². The molecule has 0 aliphatic rings. The van der Waals surface area contributed by atoms with Gasteiger partial charge in [-0.2, -0.15) is 4.37 Å². The van der Waals surface area contributed by atoms with Crippen molar-refractivity contribution in [3.05, 3.63) is 5.38 Å². The van der Waals surface area contributed by atoms with Crippen molar-refractivity contribution in [2.24, 2.45) is 0 Å². The van der Waals surface area contributed by atoms with Crippen LogP contribution < -0.4 is 10.2 Å². The van der Waals surface area contributed by atoms with Gasteiger partial charge in [0.25, 0.3) is 0 Å². The molecule has 62 valence electrons. The van der Waals surface area contributed by atoms with Gasteiger partial charge in [-0.05, 0) is 22.4 Å². The number of ether oxygens (including phenoxy) is 1. The third-order valence-corrected chi connectivity index (χ3v) is 1.74. The SMILES string of the molecule is COc1nscc1[B-](F)(F)F. The first-order valence-electron chi connectivity index (χ1n) is 2.74. The molecule has 0 aromatic carbocycles. The molecule has 0 saturated heterocycles. The number of nitrogens with zero attached hydrogens (tertiary/aromatic N) is 1. The maximum Gasteiger partial charge on any atom is 0.515 e. The normalized spacial score (nSPS) is 11.6. The van der Waals surface area contributed by atoms with E-state index in [1.165, 1.54) is 7.11 Å². The van der Waals surface area contributed by atoms with Gasteiger partial charge in [0.15, 0.2) is 5.88 Å². The minimum atomic E-state index is -4.98. The molecule has 1 aromatic heterocycles. The van der Waals surface area contributed by atoms with E-state index in [1.54, 1.807) is 0 Å². The summed E-state index contributed by atoms with van der Waals surface area (Å²) in [6.07, 6.45) is 0. The summed E-state index contributed by atoms with van der Waals surface area (Å²) in [6.45, 7) is -4.98. The molecule has 0 bridgehead atoms. The first-order chi connectivity index (χ1) is 5.05. The zero-order valence-electron chi connectivity index (χ0n) is 5.55. The Labute approximate surface area is 65.2 Å². The fraction of sp³-hybridized carbons (Fsp3) is 0.250. The second-order valence-electron chi connectivity index (χ2n) is 1.85. The third-order valence-electron chi connectivity index (χ3n) is 1.11. The highest BCUT2D eigenvalue weighted by molar-refractivity contribution is 7.05. The number of hydrogen-bond donors (Lipinski definition) is 0. The maximum absolute atomic E-state index is 12.0. The van der Waals surface area contributed by atoms with Crippen LogP contribution in [0.3, 0.4) is 0 Å². The molecular formula is C4H4BF3NOS-. The highest BCUT2D eigenvalue weighted by Crippen LogP contribution is 2.17. The van der Waals surface area contributed by atoms with Crippen LogP contribution >= 0.6 is 11.5 Å². The predicted molar refractivity (Wildman–Crippen MR) is 37.4 cm³/mol. The Bertz CT molecular complexity index is 248. The first-order valence-corrected chi connectivity index (χ1v) is 3.57. The van der Waals surface area contributed by atoms with Crippen molar-refractivity contribution in [2.45, 2.75) is 0 Å². The summed E-state index contributed by atoms with van der Waals surface area (Å²) < 4.78 is 43.9. The van der Waals surface area contributed by atoms with Crippen LogP contribution in [0.25, 0.3) is 0 Å². The number of hydrogen-bond acceptors (Lipinski definition) is 3. The van der Waals surface area contributed by atoms with Crippen molar-refractivity contribution in [1.29, 1.82) is 0 Å². The number of rotatable bonds is 2. The van der Waals surface area contributed by atoms with E-state index in [0.717, 1.165) is 16.9 Å². The molecule has 2 nitrogen and oxygen atoms in total. The fourth-order valence-corrected chi connectivity index (χ4v) is 1.30. The molecule has 7 heteroatoms. The van der Waals surface area contributed by atoms with E-state index in [0.29, 0.717) is 0 Å². The van der Waals surface area contributed by atoms with Gasteiger partial charge < -0.3 is 17.7 Å². The van der Waals surface area contributed by atoms with Gasteiger partial charge in [-0.1, -0.05) is 0 Å². The summed E-state index contributed by atoms with van der Waals surface area (Å²) in [5, 5.41) is 0.943. The maximum atomic E-state index is 12.0. The van der Waals surface area contributed by atoms with Crippen LogP contribution in [0.15, 0.2) is 5.38 Å². The van der Waals surface area contributed by atoms with Crippen LogP contribution in [0.1, 0.15) is 0 Å². The van der Waals surface area contributed by atoms with Gasteiger partial charge in [0.1, 0.15) is 0 Å². The van der Waals surface area contributed by atoms with Crippen LogP contribution in [0.2, 0.25) is 0 Å². The number of aromatic nitrogens is 1. The molecule has 0 spiro atoms. The molecule has 11 heavy (non-hydrogen) atoms. The van der Waals surface area contributed by atoms with Crippen molar-refractivity contribution in [3.63, 3.8) is 0 Å². The molecule has 0 radical (unpaired) electrons. The summed E-state index contributed by atoms with van der Waals surface area (Å²) >= 11 is 0.738. The van der Waals surface area contributed by atoms with Crippen LogP contribution in [0.4, 0.5) is 12.9 Å². The van der Waals surface area contributed by atoms with E-state index >= 15 is 0 Å². The minimum Gasteiger partial charge on any atom is -0.482 e. The Kier molecular flexibility index (Phi) is 2.08. The van der Waals surface area contributed by atoms with Crippen molar-refractivity contribution >= 4 is 24.0 Å². The Balaban J connectivity index is 3.02. The van der Waals surface area contributed by atoms with Crippen molar-refractivity contribution < 1.29 is 17.7 Å². The highest BCUT2D eigenvalue weighted by atomic mass is 32.1. The zero-order valence-corrected chi connectivity index (χ0v) is 6.37. The van der Waals surface area contributed by atoms with Gasteiger partial charge in [-0.3, -0.25) is 0 Å². The zero-order chi connectivity index (χ0) is 8.48. The first kappa shape index (κ1) is 8.38. The summed E-state index contributed by atoms with van der Waals surface area (Å²) in [4.78, 5) is 0. The number of halogens is 3. The van der Waals surface area contributed by atoms with E-state index in [9.17, 15) is 12.9 Å². The monoisotopic (exact) mass is 182 g/mol. The lowest BCUT2D eigenvalue weighted by atomic mass is 9.83. The fourth-order valence-electron chi connectivity index (χ4n) is 0.606.